The van der Waals surface area contributed by atoms with Crippen molar-refractivity contribution < 1.29 is 14.3 Å². The third-order valence-electron chi connectivity index (χ3n) is 3.44. The third-order valence-corrected chi connectivity index (χ3v) is 3.44. The van der Waals surface area contributed by atoms with Crippen LogP contribution in [0.1, 0.15) is 61.0 Å². The van der Waals surface area contributed by atoms with Gasteiger partial charge in [0.15, 0.2) is 0 Å². The number of carbonyl (C=O) groups is 1. The van der Waals surface area contributed by atoms with Crippen molar-refractivity contribution >= 4 is 5.97 Å². The van der Waals surface area contributed by atoms with Gasteiger partial charge in [-0.2, -0.15) is 0 Å². The highest BCUT2D eigenvalue weighted by atomic mass is 16.5. The predicted octanol–water partition coefficient (Wildman–Crippen LogP) is 3.70. The lowest BCUT2D eigenvalue weighted by atomic mass is 9.95. The van der Waals surface area contributed by atoms with Crippen molar-refractivity contribution in [2.45, 2.75) is 46.0 Å². The van der Waals surface area contributed by atoms with Crippen LogP contribution in [0.25, 0.3) is 0 Å². The number of aryl methyl sites for hydroxylation is 1. The fraction of sp³-hybridized carbons (Fsp3) is 0.562. The minimum Gasteiger partial charge on any atom is -0.492 e. The first-order valence-corrected chi connectivity index (χ1v) is 7.10. The maximum Gasteiger partial charge on any atom is 0.341 e. The van der Waals surface area contributed by atoms with Crippen molar-refractivity contribution in [1.29, 1.82) is 0 Å². The van der Waals surface area contributed by atoms with E-state index in [4.69, 9.17) is 9.47 Å². The summed E-state index contributed by atoms with van der Waals surface area (Å²) in [7, 11) is 0. The zero-order valence-corrected chi connectivity index (χ0v) is 12.0. The van der Waals surface area contributed by atoms with Crippen molar-refractivity contribution in [3.05, 3.63) is 28.8 Å². The Kier molecular flexibility index (Phi) is 4.46. The first kappa shape index (κ1) is 13.9. The minimum atomic E-state index is -0.275. The molecular formula is C16H22O3. The highest BCUT2D eigenvalue weighted by Gasteiger charge is 2.21. The zero-order valence-electron chi connectivity index (χ0n) is 12.0. The third kappa shape index (κ3) is 3.09. The smallest absolute Gasteiger partial charge is 0.341 e. The van der Waals surface area contributed by atoms with E-state index in [0.29, 0.717) is 24.7 Å². The molecule has 0 fully saturated rings. The van der Waals surface area contributed by atoms with Gasteiger partial charge in [0.05, 0.1) is 13.2 Å². The Hall–Kier alpha value is -1.51. The molecule has 0 N–H and O–H groups in total. The maximum atomic E-state index is 12.1. The van der Waals surface area contributed by atoms with Gasteiger partial charge < -0.3 is 9.47 Å². The summed E-state index contributed by atoms with van der Waals surface area (Å²) >= 11 is 0. The summed E-state index contributed by atoms with van der Waals surface area (Å²) in [5.41, 5.74) is 2.91. The lowest BCUT2D eigenvalue weighted by molar-refractivity contribution is 0.0521. The van der Waals surface area contributed by atoms with E-state index in [2.05, 4.69) is 19.9 Å². The van der Waals surface area contributed by atoms with Crippen molar-refractivity contribution in [3.8, 4) is 5.75 Å². The zero-order chi connectivity index (χ0) is 13.8. The van der Waals surface area contributed by atoms with Gasteiger partial charge in [-0.05, 0) is 49.3 Å². The minimum absolute atomic E-state index is 0.275. The molecule has 1 aliphatic rings. The maximum absolute atomic E-state index is 12.1. The summed E-state index contributed by atoms with van der Waals surface area (Å²) < 4.78 is 10.9. The van der Waals surface area contributed by atoms with E-state index in [1.807, 2.05) is 13.0 Å². The van der Waals surface area contributed by atoms with Crippen molar-refractivity contribution in [2.75, 3.05) is 13.2 Å². The summed E-state index contributed by atoms with van der Waals surface area (Å²) in [4.78, 5) is 12.1. The summed E-state index contributed by atoms with van der Waals surface area (Å²) in [5.74, 6) is 0.852. The summed E-state index contributed by atoms with van der Waals surface area (Å²) in [5, 5.41) is 0. The van der Waals surface area contributed by atoms with Gasteiger partial charge in [-0.1, -0.05) is 19.9 Å². The Morgan fingerprint density at radius 3 is 2.84 bits per heavy atom. The van der Waals surface area contributed by atoms with E-state index in [1.165, 1.54) is 5.56 Å². The molecule has 1 heterocycles. The van der Waals surface area contributed by atoms with Gasteiger partial charge in [0, 0.05) is 0 Å². The molecule has 0 spiro atoms. The molecule has 3 nitrogen and oxygen atoms in total. The Morgan fingerprint density at radius 1 is 1.37 bits per heavy atom. The predicted molar refractivity (Wildman–Crippen MR) is 74.9 cm³/mol. The van der Waals surface area contributed by atoms with Gasteiger partial charge in [0.1, 0.15) is 11.3 Å². The van der Waals surface area contributed by atoms with Crippen LogP contribution in [0.2, 0.25) is 0 Å². The number of hydrogen-bond acceptors (Lipinski definition) is 3. The SMILES string of the molecule is CCOC(=O)c1cc(C(C)C)cc2c1OCCCC2. The molecule has 0 saturated carbocycles. The summed E-state index contributed by atoms with van der Waals surface area (Å²) in [6.07, 6.45) is 3.12. The lowest BCUT2D eigenvalue weighted by Crippen LogP contribution is -2.10. The fourth-order valence-corrected chi connectivity index (χ4v) is 2.36. The van der Waals surface area contributed by atoms with Crippen LogP contribution in [0.15, 0.2) is 12.1 Å². The van der Waals surface area contributed by atoms with E-state index in [0.717, 1.165) is 30.6 Å². The molecule has 0 bridgehead atoms. The van der Waals surface area contributed by atoms with Gasteiger partial charge in [-0.15, -0.1) is 0 Å². The highest BCUT2D eigenvalue weighted by molar-refractivity contribution is 5.93. The van der Waals surface area contributed by atoms with Gasteiger partial charge in [0.2, 0.25) is 0 Å². The molecule has 3 heteroatoms. The second kappa shape index (κ2) is 6.09. The molecule has 1 aromatic rings. The first-order chi connectivity index (χ1) is 9.13. The molecule has 104 valence electrons. The molecule has 0 saturated heterocycles. The molecule has 0 aliphatic carbocycles. The van der Waals surface area contributed by atoms with Crippen molar-refractivity contribution in [1.82, 2.24) is 0 Å². The lowest BCUT2D eigenvalue weighted by Gasteiger charge is -2.16. The highest BCUT2D eigenvalue weighted by Crippen LogP contribution is 2.32. The van der Waals surface area contributed by atoms with Crippen LogP contribution in [0.4, 0.5) is 0 Å². The Bertz CT molecular complexity index is 463. The molecule has 1 aliphatic heterocycles. The number of hydrogen-bond donors (Lipinski definition) is 0. The van der Waals surface area contributed by atoms with Crippen LogP contribution in [-0.2, 0) is 11.2 Å². The molecule has 2 rings (SSSR count). The van der Waals surface area contributed by atoms with Gasteiger partial charge in [-0.3, -0.25) is 0 Å². The standard InChI is InChI=1S/C16H22O3/c1-4-18-16(17)14-10-13(11(2)3)9-12-7-5-6-8-19-15(12)14/h9-11H,4-8H2,1-3H3. The number of esters is 1. The number of carbonyl (C=O) groups excluding carboxylic acids is 1. The molecule has 0 radical (unpaired) electrons. The van der Waals surface area contributed by atoms with Crippen LogP contribution in [-0.4, -0.2) is 19.2 Å². The Labute approximate surface area is 114 Å². The fourth-order valence-electron chi connectivity index (χ4n) is 2.36. The average Bonchev–Trinajstić information content (AvgIpc) is 2.62. The monoisotopic (exact) mass is 262 g/mol. The topological polar surface area (TPSA) is 35.5 Å². The van der Waals surface area contributed by atoms with Gasteiger partial charge in [-0.25, -0.2) is 4.79 Å². The molecule has 0 amide bonds. The summed E-state index contributed by atoms with van der Waals surface area (Å²) in [6, 6.07) is 4.10. The quantitative estimate of drug-likeness (QED) is 0.779. The number of benzene rings is 1. The normalized spacial score (nSPS) is 14.5. The van der Waals surface area contributed by atoms with Crippen molar-refractivity contribution in [3.63, 3.8) is 0 Å². The summed E-state index contributed by atoms with van der Waals surface area (Å²) in [6.45, 7) is 7.16. The largest absolute Gasteiger partial charge is 0.492 e. The number of rotatable bonds is 3. The van der Waals surface area contributed by atoms with Crippen LogP contribution in [0, 0.1) is 0 Å². The van der Waals surface area contributed by atoms with E-state index >= 15 is 0 Å². The van der Waals surface area contributed by atoms with E-state index < -0.39 is 0 Å². The van der Waals surface area contributed by atoms with E-state index in [-0.39, 0.29) is 5.97 Å². The molecule has 0 unspecified atom stereocenters. The second-order valence-electron chi connectivity index (χ2n) is 5.24. The molecular weight excluding hydrogens is 240 g/mol. The van der Waals surface area contributed by atoms with Gasteiger partial charge in [0.25, 0.3) is 0 Å². The molecule has 19 heavy (non-hydrogen) atoms. The van der Waals surface area contributed by atoms with Crippen molar-refractivity contribution in [2.24, 2.45) is 0 Å². The molecule has 0 aromatic heterocycles. The first-order valence-electron chi connectivity index (χ1n) is 7.10. The Morgan fingerprint density at radius 2 is 2.16 bits per heavy atom. The van der Waals surface area contributed by atoms with E-state index in [9.17, 15) is 4.79 Å². The second-order valence-corrected chi connectivity index (χ2v) is 5.24. The molecule has 0 atom stereocenters. The van der Waals surface area contributed by atoms with Crippen LogP contribution in [0.5, 0.6) is 5.75 Å². The number of fused-ring (bicyclic) bond motifs is 1. The Balaban J connectivity index is 2.48. The van der Waals surface area contributed by atoms with Crippen LogP contribution in [0.3, 0.4) is 0 Å². The van der Waals surface area contributed by atoms with Crippen LogP contribution < -0.4 is 4.74 Å². The molecule has 1 aromatic carbocycles. The van der Waals surface area contributed by atoms with Gasteiger partial charge >= 0.3 is 5.97 Å². The van der Waals surface area contributed by atoms with E-state index in [1.54, 1.807) is 0 Å². The number of ether oxygens (including phenoxy) is 2. The van der Waals surface area contributed by atoms with Crippen LogP contribution >= 0.6 is 0 Å². The average molecular weight is 262 g/mol.